The van der Waals surface area contributed by atoms with E-state index in [9.17, 15) is 0 Å². The van der Waals surface area contributed by atoms with E-state index in [2.05, 4.69) is 23.7 Å². The molecule has 1 aliphatic heterocycles. The van der Waals surface area contributed by atoms with Crippen molar-refractivity contribution in [2.24, 2.45) is 5.92 Å². The second-order valence-electron chi connectivity index (χ2n) is 5.44. The normalized spacial score (nSPS) is 20.1. The molecule has 0 amide bonds. The highest BCUT2D eigenvalue weighted by Gasteiger charge is 2.16. The van der Waals surface area contributed by atoms with Crippen molar-refractivity contribution in [3.05, 3.63) is 12.1 Å². The maximum atomic E-state index is 5.91. The first kappa shape index (κ1) is 14.0. The fourth-order valence-electron chi connectivity index (χ4n) is 2.42. The quantitative estimate of drug-likeness (QED) is 0.907. The van der Waals surface area contributed by atoms with E-state index in [0.29, 0.717) is 18.2 Å². The summed E-state index contributed by atoms with van der Waals surface area (Å²) in [6.07, 6.45) is 4.74. The number of nitrogen functional groups attached to an aromatic ring is 1. The Kier molecular flexibility index (Phi) is 4.88. The number of nitrogens with two attached hydrogens (primary N) is 1. The highest BCUT2D eigenvalue weighted by atomic mass is 16.5. The Labute approximate surface area is 116 Å². The summed E-state index contributed by atoms with van der Waals surface area (Å²) in [5, 5.41) is 0. The summed E-state index contributed by atoms with van der Waals surface area (Å²) in [5.41, 5.74) is 6.53. The van der Waals surface area contributed by atoms with Crippen LogP contribution in [-0.4, -0.2) is 24.7 Å². The zero-order valence-electron chi connectivity index (χ0n) is 12.1. The predicted molar refractivity (Wildman–Crippen MR) is 79.7 cm³/mol. The fourth-order valence-corrected chi connectivity index (χ4v) is 2.42. The Morgan fingerprint density at radius 2 is 2.21 bits per heavy atom. The lowest BCUT2D eigenvalue weighted by atomic mass is 10.0. The molecule has 1 aliphatic rings. The van der Waals surface area contributed by atoms with E-state index in [0.717, 1.165) is 31.2 Å². The van der Waals surface area contributed by atoms with Crippen LogP contribution in [0.3, 0.4) is 0 Å². The van der Waals surface area contributed by atoms with Crippen molar-refractivity contribution < 1.29 is 4.74 Å². The van der Waals surface area contributed by atoms with Gasteiger partial charge in [-0.25, -0.2) is 0 Å². The molecule has 2 N–H and O–H groups in total. The standard InChI is InChI=1S/C15H25N3O/c1-3-11-19-15-13(16)6-7-14(17-15)18-9-4-5-12(2)8-10-18/h6-7,12H,3-5,8-11,16H2,1-2H3. The van der Waals surface area contributed by atoms with Crippen LogP contribution in [0.15, 0.2) is 12.1 Å². The second kappa shape index (κ2) is 6.64. The Balaban J connectivity index is 2.10. The van der Waals surface area contributed by atoms with Gasteiger partial charge in [-0.1, -0.05) is 13.8 Å². The van der Waals surface area contributed by atoms with Gasteiger partial charge in [0.2, 0.25) is 5.88 Å². The van der Waals surface area contributed by atoms with E-state index >= 15 is 0 Å². The Hall–Kier alpha value is -1.45. The maximum Gasteiger partial charge on any atom is 0.239 e. The first-order valence-electron chi connectivity index (χ1n) is 7.35. The lowest BCUT2D eigenvalue weighted by Crippen LogP contribution is -2.25. The van der Waals surface area contributed by atoms with Crippen LogP contribution in [0.5, 0.6) is 5.88 Å². The summed E-state index contributed by atoms with van der Waals surface area (Å²) in [7, 11) is 0. The SMILES string of the molecule is CCCOc1nc(N2CCCC(C)CC2)ccc1N. The molecule has 1 saturated heterocycles. The van der Waals surface area contributed by atoms with Gasteiger partial charge in [-0.3, -0.25) is 0 Å². The maximum absolute atomic E-state index is 5.91. The molecule has 0 aromatic carbocycles. The molecule has 0 spiro atoms. The number of pyridine rings is 1. The fraction of sp³-hybridized carbons (Fsp3) is 0.667. The molecule has 2 heterocycles. The van der Waals surface area contributed by atoms with Crippen molar-refractivity contribution in [1.82, 2.24) is 4.98 Å². The molecule has 2 rings (SSSR count). The van der Waals surface area contributed by atoms with Crippen LogP contribution in [0.1, 0.15) is 39.5 Å². The first-order chi connectivity index (χ1) is 9.20. The highest BCUT2D eigenvalue weighted by Crippen LogP contribution is 2.26. The lowest BCUT2D eigenvalue weighted by molar-refractivity contribution is 0.307. The molecule has 19 heavy (non-hydrogen) atoms. The first-order valence-corrected chi connectivity index (χ1v) is 7.35. The number of anilines is 2. The van der Waals surface area contributed by atoms with Gasteiger partial charge >= 0.3 is 0 Å². The third-order valence-corrected chi connectivity index (χ3v) is 3.66. The molecule has 1 unspecified atom stereocenters. The minimum absolute atomic E-state index is 0.580. The average molecular weight is 263 g/mol. The van der Waals surface area contributed by atoms with Crippen LogP contribution in [0, 0.1) is 5.92 Å². The van der Waals surface area contributed by atoms with Gasteiger partial charge in [0.15, 0.2) is 0 Å². The van der Waals surface area contributed by atoms with E-state index in [1.165, 1.54) is 19.3 Å². The summed E-state index contributed by atoms with van der Waals surface area (Å²) in [5.74, 6) is 2.39. The van der Waals surface area contributed by atoms with Gasteiger partial charge in [-0.2, -0.15) is 4.98 Å². The van der Waals surface area contributed by atoms with E-state index in [4.69, 9.17) is 10.5 Å². The highest BCUT2D eigenvalue weighted by molar-refractivity contribution is 5.54. The summed E-state index contributed by atoms with van der Waals surface area (Å²) in [6, 6.07) is 3.91. The molecule has 1 atom stereocenters. The largest absolute Gasteiger partial charge is 0.476 e. The molecule has 4 nitrogen and oxygen atoms in total. The number of ether oxygens (including phenoxy) is 1. The molecule has 1 fully saturated rings. The minimum Gasteiger partial charge on any atom is -0.476 e. The number of aromatic nitrogens is 1. The second-order valence-corrected chi connectivity index (χ2v) is 5.44. The molecule has 0 saturated carbocycles. The topological polar surface area (TPSA) is 51.4 Å². The van der Waals surface area contributed by atoms with Crippen LogP contribution in [0.4, 0.5) is 11.5 Å². The molecular weight excluding hydrogens is 238 g/mol. The summed E-state index contributed by atoms with van der Waals surface area (Å²) in [4.78, 5) is 6.93. The molecule has 0 bridgehead atoms. The summed E-state index contributed by atoms with van der Waals surface area (Å²) in [6.45, 7) is 7.23. The number of hydrogen-bond donors (Lipinski definition) is 1. The van der Waals surface area contributed by atoms with E-state index < -0.39 is 0 Å². The molecule has 1 aromatic rings. The molecular formula is C15H25N3O. The van der Waals surface area contributed by atoms with Crippen molar-refractivity contribution in [2.45, 2.75) is 39.5 Å². The van der Waals surface area contributed by atoms with Gasteiger partial charge in [0.1, 0.15) is 5.82 Å². The van der Waals surface area contributed by atoms with Crippen LogP contribution in [0.25, 0.3) is 0 Å². The van der Waals surface area contributed by atoms with Crippen LogP contribution >= 0.6 is 0 Å². The van der Waals surface area contributed by atoms with Crippen molar-refractivity contribution in [1.29, 1.82) is 0 Å². The Morgan fingerprint density at radius 1 is 1.37 bits per heavy atom. The zero-order chi connectivity index (χ0) is 13.7. The molecule has 1 aromatic heterocycles. The summed E-state index contributed by atoms with van der Waals surface area (Å²) < 4.78 is 5.61. The Bertz CT molecular complexity index is 408. The van der Waals surface area contributed by atoms with Gasteiger partial charge in [0, 0.05) is 13.1 Å². The van der Waals surface area contributed by atoms with Crippen molar-refractivity contribution in [3.8, 4) is 5.88 Å². The number of hydrogen-bond acceptors (Lipinski definition) is 4. The van der Waals surface area contributed by atoms with Crippen molar-refractivity contribution in [3.63, 3.8) is 0 Å². The van der Waals surface area contributed by atoms with E-state index in [1.54, 1.807) is 0 Å². The number of rotatable bonds is 4. The minimum atomic E-state index is 0.580. The molecule has 0 aliphatic carbocycles. The van der Waals surface area contributed by atoms with Gasteiger partial charge < -0.3 is 15.4 Å². The van der Waals surface area contributed by atoms with Gasteiger partial charge in [-0.15, -0.1) is 0 Å². The summed E-state index contributed by atoms with van der Waals surface area (Å²) >= 11 is 0. The zero-order valence-corrected chi connectivity index (χ0v) is 12.1. The average Bonchev–Trinajstić information content (AvgIpc) is 2.63. The van der Waals surface area contributed by atoms with E-state index in [1.807, 2.05) is 12.1 Å². The van der Waals surface area contributed by atoms with Gasteiger partial charge in [0.05, 0.1) is 12.3 Å². The predicted octanol–water partition coefficient (Wildman–Crippen LogP) is 3.08. The molecule has 0 radical (unpaired) electrons. The van der Waals surface area contributed by atoms with Crippen molar-refractivity contribution in [2.75, 3.05) is 30.3 Å². The van der Waals surface area contributed by atoms with Crippen LogP contribution in [-0.2, 0) is 0 Å². The lowest BCUT2D eigenvalue weighted by Gasteiger charge is -2.22. The van der Waals surface area contributed by atoms with E-state index in [-0.39, 0.29) is 0 Å². The van der Waals surface area contributed by atoms with Crippen molar-refractivity contribution >= 4 is 11.5 Å². The smallest absolute Gasteiger partial charge is 0.239 e. The monoisotopic (exact) mass is 263 g/mol. The third-order valence-electron chi connectivity index (χ3n) is 3.66. The van der Waals surface area contributed by atoms with Gasteiger partial charge in [0.25, 0.3) is 0 Å². The van der Waals surface area contributed by atoms with Gasteiger partial charge in [-0.05, 0) is 43.7 Å². The molecule has 4 heteroatoms. The van der Waals surface area contributed by atoms with Crippen LogP contribution < -0.4 is 15.4 Å². The Morgan fingerprint density at radius 3 is 3.00 bits per heavy atom. The molecule has 106 valence electrons. The van der Waals surface area contributed by atoms with Crippen LogP contribution in [0.2, 0.25) is 0 Å². The third kappa shape index (κ3) is 3.75. The number of nitrogens with zero attached hydrogens (tertiary/aromatic N) is 2.